The SMILES string of the molecule is COc1ccc(C2OC(=O)c3c(OC)cccc32)cc1. The van der Waals surface area contributed by atoms with Gasteiger partial charge in [0.15, 0.2) is 6.10 Å². The van der Waals surface area contributed by atoms with Crippen molar-refractivity contribution in [2.45, 2.75) is 6.10 Å². The van der Waals surface area contributed by atoms with Crippen LogP contribution < -0.4 is 9.47 Å². The highest BCUT2D eigenvalue weighted by Crippen LogP contribution is 2.40. The molecule has 2 aromatic carbocycles. The predicted molar refractivity (Wildman–Crippen MR) is 73.2 cm³/mol. The Morgan fingerprint density at radius 3 is 2.40 bits per heavy atom. The van der Waals surface area contributed by atoms with Crippen LogP contribution in [0.15, 0.2) is 42.5 Å². The Hall–Kier alpha value is -2.49. The minimum atomic E-state index is -0.390. The van der Waals surface area contributed by atoms with E-state index in [9.17, 15) is 4.79 Å². The lowest BCUT2D eigenvalue weighted by Crippen LogP contribution is -2.00. The number of hydrogen-bond acceptors (Lipinski definition) is 4. The second kappa shape index (κ2) is 4.89. The van der Waals surface area contributed by atoms with Gasteiger partial charge in [0, 0.05) is 5.56 Å². The highest BCUT2D eigenvalue weighted by molar-refractivity contribution is 5.97. The van der Waals surface area contributed by atoms with E-state index in [2.05, 4.69) is 0 Å². The Balaban J connectivity index is 2.04. The fourth-order valence-electron chi connectivity index (χ4n) is 2.41. The molecule has 1 atom stereocenters. The summed E-state index contributed by atoms with van der Waals surface area (Å²) in [5, 5.41) is 0. The zero-order valence-electron chi connectivity index (χ0n) is 11.3. The average molecular weight is 270 g/mol. The van der Waals surface area contributed by atoms with E-state index in [0.29, 0.717) is 11.3 Å². The molecule has 20 heavy (non-hydrogen) atoms. The quantitative estimate of drug-likeness (QED) is 0.804. The third-order valence-electron chi connectivity index (χ3n) is 3.41. The molecule has 0 bridgehead atoms. The third kappa shape index (κ3) is 1.90. The van der Waals surface area contributed by atoms with E-state index in [0.717, 1.165) is 16.9 Å². The zero-order chi connectivity index (χ0) is 14.1. The Kier molecular flexibility index (Phi) is 3.06. The predicted octanol–water partition coefficient (Wildman–Crippen LogP) is 2.96. The first-order valence-corrected chi connectivity index (χ1v) is 6.26. The van der Waals surface area contributed by atoms with Gasteiger partial charge in [-0.1, -0.05) is 24.3 Å². The summed E-state index contributed by atoms with van der Waals surface area (Å²) in [5.41, 5.74) is 2.25. The van der Waals surface area contributed by atoms with Crippen molar-refractivity contribution in [2.24, 2.45) is 0 Å². The Bertz CT molecular complexity index is 646. The van der Waals surface area contributed by atoms with Gasteiger partial charge >= 0.3 is 5.97 Å². The second-order valence-corrected chi connectivity index (χ2v) is 4.48. The van der Waals surface area contributed by atoms with Gasteiger partial charge < -0.3 is 14.2 Å². The van der Waals surface area contributed by atoms with Gasteiger partial charge in [-0.2, -0.15) is 0 Å². The van der Waals surface area contributed by atoms with E-state index in [4.69, 9.17) is 14.2 Å². The molecule has 0 saturated carbocycles. The first-order chi connectivity index (χ1) is 9.74. The van der Waals surface area contributed by atoms with Crippen LogP contribution in [0.1, 0.15) is 27.6 Å². The smallest absolute Gasteiger partial charge is 0.343 e. The molecule has 2 aromatic rings. The van der Waals surface area contributed by atoms with Crippen LogP contribution >= 0.6 is 0 Å². The summed E-state index contributed by atoms with van der Waals surface area (Å²) in [6, 6.07) is 13.0. The number of cyclic esters (lactones) is 1. The summed E-state index contributed by atoms with van der Waals surface area (Å²) in [7, 11) is 3.16. The van der Waals surface area contributed by atoms with Gasteiger partial charge in [0.25, 0.3) is 0 Å². The summed E-state index contributed by atoms with van der Waals surface area (Å²) in [4.78, 5) is 12.0. The van der Waals surface area contributed by atoms with Crippen LogP contribution in [0.4, 0.5) is 0 Å². The summed E-state index contributed by atoms with van der Waals surface area (Å²) in [5.74, 6) is 0.964. The molecule has 0 radical (unpaired) electrons. The molecule has 1 aliphatic heterocycles. The van der Waals surface area contributed by atoms with E-state index < -0.39 is 6.10 Å². The number of ether oxygens (including phenoxy) is 3. The van der Waals surface area contributed by atoms with Crippen molar-refractivity contribution in [1.29, 1.82) is 0 Å². The normalized spacial score (nSPS) is 16.5. The van der Waals surface area contributed by atoms with Crippen molar-refractivity contribution >= 4 is 5.97 Å². The monoisotopic (exact) mass is 270 g/mol. The van der Waals surface area contributed by atoms with Gasteiger partial charge in [0.05, 0.1) is 14.2 Å². The molecule has 1 aliphatic rings. The van der Waals surface area contributed by atoms with E-state index in [-0.39, 0.29) is 5.97 Å². The molecule has 4 heteroatoms. The van der Waals surface area contributed by atoms with Crippen LogP contribution in [0.2, 0.25) is 0 Å². The minimum absolute atomic E-state index is 0.349. The number of carbonyl (C=O) groups excluding carboxylic acids is 1. The maximum atomic E-state index is 12.0. The van der Waals surface area contributed by atoms with Gasteiger partial charge in [-0.25, -0.2) is 4.79 Å². The molecule has 0 amide bonds. The number of benzene rings is 2. The summed E-state index contributed by atoms with van der Waals surface area (Å²) >= 11 is 0. The highest BCUT2D eigenvalue weighted by atomic mass is 16.6. The lowest BCUT2D eigenvalue weighted by Gasteiger charge is -2.11. The minimum Gasteiger partial charge on any atom is -0.497 e. The van der Waals surface area contributed by atoms with E-state index in [1.165, 1.54) is 0 Å². The molecule has 4 nitrogen and oxygen atoms in total. The van der Waals surface area contributed by atoms with Gasteiger partial charge in [-0.15, -0.1) is 0 Å². The van der Waals surface area contributed by atoms with Crippen LogP contribution in [0, 0.1) is 0 Å². The average Bonchev–Trinajstić information content (AvgIpc) is 2.85. The Morgan fingerprint density at radius 1 is 1.00 bits per heavy atom. The first-order valence-electron chi connectivity index (χ1n) is 6.26. The Morgan fingerprint density at radius 2 is 1.75 bits per heavy atom. The summed E-state index contributed by atoms with van der Waals surface area (Å²) in [6.07, 6.45) is -0.390. The largest absolute Gasteiger partial charge is 0.497 e. The fraction of sp³-hybridized carbons (Fsp3) is 0.188. The number of esters is 1. The van der Waals surface area contributed by atoms with Gasteiger partial charge in [-0.05, 0) is 23.8 Å². The molecule has 0 fully saturated rings. The number of hydrogen-bond donors (Lipinski definition) is 0. The van der Waals surface area contributed by atoms with Crippen molar-refractivity contribution in [2.75, 3.05) is 14.2 Å². The van der Waals surface area contributed by atoms with E-state index in [1.54, 1.807) is 20.3 Å². The topological polar surface area (TPSA) is 44.8 Å². The van der Waals surface area contributed by atoms with Crippen molar-refractivity contribution in [1.82, 2.24) is 0 Å². The fourth-order valence-corrected chi connectivity index (χ4v) is 2.41. The summed E-state index contributed by atoms with van der Waals surface area (Å²) in [6.45, 7) is 0. The van der Waals surface area contributed by atoms with Gasteiger partial charge in [0.1, 0.15) is 17.1 Å². The molecule has 0 N–H and O–H groups in total. The molecule has 0 spiro atoms. The van der Waals surface area contributed by atoms with E-state index in [1.807, 2.05) is 36.4 Å². The first kappa shape index (κ1) is 12.5. The Labute approximate surface area is 116 Å². The van der Waals surface area contributed by atoms with Crippen LogP contribution in [-0.4, -0.2) is 20.2 Å². The molecular formula is C16H14O4. The molecule has 102 valence electrons. The van der Waals surface area contributed by atoms with Crippen molar-refractivity contribution in [3.05, 3.63) is 59.2 Å². The van der Waals surface area contributed by atoms with Crippen LogP contribution in [-0.2, 0) is 4.74 Å². The van der Waals surface area contributed by atoms with Crippen LogP contribution in [0.3, 0.4) is 0 Å². The maximum Gasteiger partial charge on any atom is 0.343 e. The molecular weight excluding hydrogens is 256 g/mol. The standard InChI is InChI=1S/C16H14O4/c1-18-11-8-6-10(7-9-11)15-12-4-3-5-13(19-2)14(12)16(17)20-15/h3-9,15H,1-2H3. The molecule has 1 unspecified atom stereocenters. The van der Waals surface area contributed by atoms with Gasteiger partial charge in [-0.3, -0.25) is 0 Å². The summed E-state index contributed by atoms with van der Waals surface area (Å²) < 4.78 is 15.8. The number of methoxy groups -OCH3 is 2. The van der Waals surface area contributed by atoms with Crippen LogP contribution in [0.25, 0.3) is 0 Å². The maximum absolute atomic E-state index is 12.0. The van der Waals surface area contributed by atoms with Crippen LogP contribution in [0.5, 0.6) is 11.5 Å². The third-order valence-corrected chi connectivity index (χ3v) is 3.41. The molecule has 0 aliphatic carbocycles. The molecule has 3 rings (SSSR count). The number of carbonyl (C=O) groups is 1. The van der Waals surface area contributed by atoms with Crippen molar-refractivity contribution in [3.8, 4) is 11.5 Å². The van der Waals surface area contributed by atoms with E-state index >= 15 is 0 Å². The second-order valence-electron chi connectivity index (χ2n) is 4.48. The number of rotatable bonds is 3. The van der Waals surface area contributed by atoms with Crippen molar-refractivity contribution in [3.63, 3.8) is 0 Å². The number of fused-ring (bicyclic) bond motifs is 1. The van der Waals surface area contributed by atoms with Gasteiger partial charge in [0.2, 0.25) is 0 Å². The highest BCUT2D eigenvalue weighted by Gasteiger charge is 2.34. The lowest BCUT2D eigenvalue weighted by molar-refractivity contribution is 0.0454. The van der Waals surface area contributed by atoms with Crippen molar-refractivity contribution < 1.29 is 19.0 Å². The molecule has 1 heterocycles. The molecule has 0 aromatic heterocycles. The lowest BCUT2D eigenvalue weighted by atomic mass is 9.98. The molecule has 0 saturated heterocycles. The zero-order valence-corrected chi connectivity index (χ0v) is 11.3.